The van der Waals surface area contributed by atoms with Crippen molar-refractivity contribution in [1.29, 1.82) is 0 Å². The van der Waals surface area contributed by atoms with Gasteiger partial charge in [0.05, 0.1) is 11.4 Å². The van der Waals surface area contributed by atoms with Gasteiger partial charge in [0.1, 0.15) is 0 Å². The molecule has 0 aliphatic rings. The first-order valence-electron chi connectivity index (χ1n) is 9.03. The number of carbonyl (C=O) groups is 2. The third-order valence-corrected chi connectivity index (χ3v) is 4.18. The zero-order valence-electron chi connectivity index (χ0n) is 15.2. The maximum absolute atomic E-state index is 12.9. The molecular formula is C23H22N2O2. The number of nitrogens with one attached hydrogen (secondary N) is 2. The van der Waals surface area contributed by atoms with E-state index in [2.05, 4.69) is 10.6 Å². The molecule has 0 unspecified atom stereocenters. The Kier molecular flexibility index (Phi) is 6.00. The van der Waals surface area contributed by atoms with Crippen LogP contribution in [0.3, 0.4) is 0 Å². The van der Waals surface area contributed by atoms with Gasteiger partial charge in [0.15, 0.2) is 0 Å². The predicted octanol–water partition coefficient (Wildman–Crippen LogP) is 5.34. The van der Waals surface area contributed by atoms with Crippen LogP contribution in [0.4, 0.5) is 11.4 Å². The fourth-order valence-corrected chi connectivity index (χ4v) is 2.88. The minimum atomic E-state index is -0.216. The predicted molar refractivity (Wildman–Crippen MR) is 110 cm³/mol. The van der Waals surface area contributed by atoms with Crippen LogP contribution in [0, 0.1) is 0 Å². The highest BCUT2D eigenvalue weighted by Crippen LogP contribution is 2.26. The van der Waals surface area contributed by atoms with E-state index in [9.17, 15) is 9.59 Å². The number of rotatable bonds is 6. The van der Waals surface area contributed by atoms with E-state index in [1.54, 1.807) is 18.2 Å². The molecule has 4 heteroatoms. The summed E-state index contributed by atoms with van der Waals surface area (Å²) in [4.78, 5) is 24.9. The standard InChI is InChI=1S/C23H22N2O2/c1-2-10-22(26)24-20-15-8-9-16-21(20)25-23(27)19-14-7-6-13-18(19)17-11-4-3-5-12-17/h3-9,11-16H,2,10H2,1H3,(H,24,26)(H,25,27). The Balaban J connectivity index is 1.86. The van der Waals surface area contributed by atoms with Gasteiger partial charge in [-0.15, -0.1) is 0 Å². The number of hydrogen-bond donors (Lipinski definition) is 2. The largest absolute Gasteiger partial charge is 0.324 e. The van der Waals surface area contributed by atoms with Crippen LogP contribution in [0.15, 0.2) is 78.9 Å². The molecule has 0 fully saturated rings. The minimum Gasteiger partial charge on any atom is -0.324 e. The fourth-order valence-electron chi connectivity index (χ4n) is 2.88. The maximum Gasteiger partial charge on any atom is 0.256 e. The second-order valence-corrected chi connectivity index (χ2v) is 6.21. The van der Waals surface area contributed by atoms with Crippen LogP contribution < -0.4 is 10.6 Å². The number of carbonyl (C=O) groups excluding carboxylic acids is 2. The number of para-hydroxylation sites is 2. The second kappa shape index (κ2) is 8.81. The highest BCUT2D eigenvalue weighted by molar-refractivity contribution is 6.10. The molecule has 2 N–H and O–H groups in total. The van der Waals surface area contributed by atoms with Crippen molar-refractivity contribution in [2.75, 3.05) is 10.6 Å². The average Bonchev–Trinajstić information content (AvgIpc) is 2.70. The smallest absolute Gasteiger partial charge is 0.256 e. The third kappa shape index (κ3) is 4.61. The highest BCUT2D eigenvalue weighted by atomic mass is 16.2. The topological polar surface area (TPSA) is 58.2 Å². The number of benzene rings is 3. The van der Waals surface area contributed by atoms with Crippen molar-refractivity contribution in [2.45, 2.75) is 19.8 Å². The Hall–Kier alpha value is -3.40. The van der Waals surface area contributed by atoms with Crippen LogP contribution >= 0.6 is 0 Å². The fraction of sp³-hybridized carbons (Fsp3) is 0.130. The van der Waals surface area contributed by atoms with Gasteiger partial charge in [-0.2, -0.15) is 0 Å². The summed E-state index contributed by atoms with van der Waals surface area (Å²) in [5, 5.41) is 5.79. The summed E-state index contributed by atoms with van der Waals surface area (Å²) in [6.45, 7) is 1.95. The Morgan fingerprint density at radius 1 is 0.741 bits per heavy atom. The van der Waals surface area contributed by atoms with Crippen molar-refractivity contribution < 1.29 is 9.59 Å². The van der Waals surface area contributed by atoms with E-state index >= 15 is 0 Å². The minimum absolute atomic E-state index is 0.0658. The van der Waals surface area contributed by atoms with Crippen molar-refractivity contribution in [1.82, 2.24) is 0 Å². The van der Waals surface area contributed by atoms with Crippen molar-refractivity contribution in [3.8, 4) is 11.1 Å². The zero-order valence-corrected chi connectivity index (χ0v) is 15.2. The molecule has 3 rings (SSSR count). The molecule has 27 heavy (non-hydrogen) atoms. The average molecular weight is 358 g/mol. The third-order valence-electron chi connectivity index (χ3n) is 4.18. The van der Waals surface area contributed by atoms with Crippen LogP contribution in [0.1, 0.15) is 30.1 Å². The number of hydrogen-bond acceptors (Lipinski definition) is 2. The normalized spacial score (nSPS) is 10.3. The number of anilines is 2. The SMILES string of the molecule is CCCC(=O)Nc1ccccc1NC(=O)c1ccccc1-c1ccccc1. The molecule has 0 saturated carbocycles. The monoisotopic (exact) mass is 358 g/mol. The van der Waals surface area contributed by atoms with Crippen LogP contribution in [-0.4, -0.2) is 11.8 Å². The molecule has 2 amide bonds. The van der Waals surface area contributed by atoms with Gasteiger partial charge < -0.3 is 10.6 Å². The lowest BCUT2D eigenvalue weighted by Gasteiger charge is -2.14. The molecule has 0 radical (unpaired) electrons. The molecule has 0 spiro atoms. The summed E-state index contributed by atoms with van der Waals surface area (Å²) in [5.74, 6) is -0.282. The highest BCUT2D eigenvalue weighted by Gasteiger charge is 2.14. The van der Waals surface area contributed by atoms with E-state index in [-0.39, 0.29) is 11.8 Å². The lowest BCUT2D eigenvalue weighted by atomic mass is 9.99. The van der Waals surface area contributed by atoms with Gasteiger partial charge >= 0.3 is 0 Å². The van der Waals surface area contributed by atoms with Crippen molar-refractivity contribution in [3.63, 3.8) is 0 Å². The lowest BCUT2D eigenvalue weighted by molar-refractivity contribution is -0.116. The Bertz CT molecular complexity index is 936. The van der Waals surface area contributed by atoms with Gasteiger partial charge in [-0.1, -0.05) is 67.6 Å². The molecule has 0 atom stereocenters. The van der Waals surface area contributed by atoms with E-state index in [4.69, 9.17) is 0 Å². The molecule has 136 valence electrons. The summed E-state index contributed by atoms with van der Waals surface area (Å²) in [6, 6.07) is 24.5. The quantitative estimate of drug-likeness (QED) is 0.624. The van der Waals surface area contributed by atoms with E-state index in [0.717, 1.165) is 17.5 Å². The Morgan fingerprint density at radius 3 is 2.04 bits per heavy atom. The molecule has 0 heterocycles. The summed E-state index contributed by atoms with van der Waals surface area (Å²) < 4.78 is 0. The van der Waals surface area contributed by atoms with Crippen LogP contribution in [0.25, 0.3) is 11.1 Å². The molecule has 4 nitrogen and oxygen atoms in total. The second-order valence-electron chi connectivity index (χ2n) is 6.21. The molecule has 0 aromatic heterocycles. The molecule has 3 aromatic rings. The van der Waals surface area contributed by atoms with Gasteiger partial charge in [0.2, 0.25) is 5.91 Å². The molecule has 3 aromatic carbocycles. The first kappa shape index (κ1) is 18.4. The molecule has 0 aliphatic heterocycles. The first-order valence-corrected chi connectivity index (χ1v) is 9.03. The van der Waals surface area contributed by atoms with Crippen LogP contribution in [0.2, 0.25) is 0 Å². The van der Waals surface area contributed by atoms with Gasteiger partial charge in [-0.25, -0.2) is 0 Å². The van der Waals surface area contributed by atoms with Crippen molar-refractivity contribution in [2.24, 2.45) is 0 Å². The Morgan fingerprint density at radius 2 is 1.33 bits per heavy atom. The molecule has 0 aliphatic carbocycles. The molecule has 0 bridgehead atoms. The van der Waals surface area contributed by atoms with E-state index < -0.39 is 0 Å². The van der Waals surface area contributed by atoms with Crippen LogP contribution in [-0.2, 0) is 4.79 Å². The molecule has 0 saturated heterocycles. The summed E-state index contributed by atoms with van der Waals surface area (Å²) in [6.07, 6.45) is 1.21. The maximum atomic E-state index is 12.9. The van der Waals surface area contributed by atoms with Gasteiger partial charge in [0.25, 0.3) is 5.91 Å². The summed E-state index contributed by atoms with van der Waals surface area (Å²) in [7, 11) is 0. The first-order chi connectivity index (χ1) is 13.2. The summed E-state index contributed by atoms with van der Waals surface area (Å²) in [5.41, 5.74) is 3.60. The van der Waals surface area contributed by atoms with Gasteiger partial charge in [-0.05, 0) is 35.7 Å². The van der Waals surface area contributed by atoms with Gasteiger partial charge in [-0.3, -0.25) is 9.59 Å². The molecular weight excluding hydrogens is 336 g/mol. The lowest BCUT2D eigenvalue weighted by Crippen LogP contribution is -2.17. The van der Waals surface area contributed by atoms with E-state index in [0.29, 0.717) is 23.4 Å². The van der Waals surface area contributed by atoms with E-state index in [1.807, 2.05) is 67.6 Å². The Labute approximate surface area is 159 Å². The number of amides is 2. The zero-order chi connectivity index (χ0) is 19.1. The van der Waals surface area contributed by atoms with Crippen molar-refractivity contribution >= 4 is 23.2 Å². The van der Waals surface area contributed by atoms with E-state index in [1.165, 1.54) is 0 Å². The van der Waals surface area contributed by atoms with Crippen LogP contribution in [0.5, 0.6) is 0 Å². The summed E-state index contributed by atoms with van der Waals surface area (Å²) >= 11 is 0. The van der Waals surface area contributed by atoms with Crippen molar-refractivity contribution in [3.05, 3.63) is 84.4 Å². The van der Waals surface area contributed by atoms with Gasteiger partial charge in [0, 0.05) is 12.0 Å².